The monoisotopic (exact) mass is 480 g/mol. The van der Waals surface area contributed by atoms with Crippen LogP contribution < -0.4 is 19.1 Å². The van der Waals surface area contributed by atoms with E-state index in [1.165, 1.54) is 32.1 Å². The molecule has 0 aromatic heterocycles. The number of amides is 1. The van der Waals surface area contributed by atoms with Crippen LogP contribution in [0.3, 0.4) is 0 Å². The van der Waals surface area contributed by atoms with E-state index in [9.17, 15) is 13.2 Å². The number of carbonyl (C=O) groups excluding carboxylic acids is 1. The summed E-state index contributed by atoms with van der Waals surface area (Å²) in [5, 5.41) is 2.78. The van der Waals surface area contributed by atoms with E-state index in [1.54, 1.807) is 54.6 Å². The second kappa shape index (κ2) is 10.6. The lowest BCUT2D eigenvalue weighted by Gasteiger charge is -2.24. The molecule has 4 rings (SSSR count). The van der Waals surface area contributed by atoms with Crippen LogP contribution in [-0.2, 0) is 14.8 Å². The highest BCUT2D eigenvalue weighted by Gasteiger charge is 2.27. The fraction of sp³-hybridized carbons (Fsp3) is 0.269. The molecule has 7 nitrogen and oxygen atoms in total. The minimum Gasteiger partial charge on any atom is -0.497 e. The van der Waals surface area contributed by atoms with Crippen LogP contribution >= 0.6 is 0 Å². The molecule has 1 saturated carbocycles. The molecule has 3 aromatic carbocycles. The maximum absolute atomic E-state index is 13.4. The third kappa shape index (κ3) is 5.69. The lowest BCUT2D eigenvalue weighted by molar-refractivity contribution is -0.114. The van der Waals surface area contributed by atoms with Gasteiger partial charge in [-0.2, -0.15) is 0 Å². The molecule has 0 unspecified atom stereocenters. The topological polar surface area (TPSA) is 84.9 Å². The maximum atomic E-state index is 13.4. The zero-order chi connectivity index (χ0) is 24.0. The second-order valence-corrected chi connectivity index (χ2v) is 9.98. The smallest absolute Gasteiger partial charge is 0.264 e. The Bertz CT molecular complexity index is 1190. The van der Waals surface area contributed by atoms with Gasteiger partial charge in [-0.3, -0.25) is 9.10 Å². The van der Waals surface area contributed by atoms with Crippen LogP contribution in [0.4, 0.5) is 11.4 Å². The van der Waals surface area contributed by atoms with Gasteiger partial charge in [-0.15, -0.1) is 0 Å². The van der Waals surface area contributed by atoms with E-state index < -0.39 is 15.9 Å². The predicted octanol–water partition coefficient (Wildman–Crippen LogP) is 4.85. The molecule has 1 aliphatic rings. The predicted molar refractivity (Wildman–Crippen MR) is 132 cm³/mol. The summed E-state index contributed by atoms with van der Waals surface area (Å²) in [6.45, 7) is -0.376. The highest BCUT2D eigenvalue weighted by Crippen LogP contribution is 2.27. The van der Waals surface area contributed by atoms with Crippen LogP contribution in [0.1, 0.15) is 25.7 Å². The summed E-state index contributed by atoms with van der Waals surface area (Å²) in [7, 11) is -2.48. The van der Waals surface area contributed by atoms with E-state index in [0.717, 1.165) is 22.9 Å². The molecule has 0 bridgehead atoms. The number of para-hydroxylation sites is 1. The molecule has 34 heavy (non-hydrogen) atoms. The molecule has 0 saturated heterocycles. The molecule has 0 atom stereocenters. The minimum atomic E-state index is -3.99. The third-order valence-corrected chi connectivity index (χ3v) is 7.51. The quantitative estimate of drug-likeness (QED) is 0.473. The standard InChI is InChI=1S/C26H28N2O5S/c1-32-22-15-17-25(18-16-22)34(30,31)28(21-7-3-2-4-8-21)19-26(29)27-20-11-13-24(14-12-20)33-23-9-5-6-10-23/h2-4,7-8,11-18,23H,5-6,9-10,19H2,1H3,(H,27,29). The van der Waals surface area contributed by atoms with E-state index in [1.807, 2.05) is 12.1 Å². The normalized spacial score (nSPS) is 13.9. The Hall–Kier alpha value is -3.52. The first-order valence-corrected chi connectivity index (χ1v) is 12.7. The molecule has 0 heterocycles. The number of benzene rings is 3. The minimum absolute atomic E-state index is 0.0679. The number of nitrogens with zero attached hydrogens (tertiary/aromatic N) is 1. The molecular weight excluding hydrogens is 452 g/mol. The van der Waals surface area contributed by atoms with Gasteiger partial charge in [0.05, 0.1) is 23.8 Å². The molecule has 1 amide bonds. The first kappa shape index (κ1) is 23.6. The van der Waals surface area contributed by atoms with Gasteiger partial charge in [-0.1, -0.05) is 18.2 Å². The van der Waals surface area contributed by atoms with E-state index in [4.69, 9.17) is 9.47 Å². The van der Waals surface area contributed by atoms with Gasteiger partial charge in [0.1, 0.15) is 18.0 Å². The Morgan fingerprint density at radius 3 is 2.15 bits per heavy atom. The van der Waals surface area contributed by atoms with Gasteiger partial charge in [-0.05, 0) is 86.3 Å². The molecule has 1 aliphatic carbocycles. The van der Waals surface area contributed by atoms with Crippen molar-refractivity contribution in [1.82, 2.24) is 0 Å². The van der Waals surface area contributed by atoms with Crippen LogP contribution in [0.5, 0.6) is 11.5 Å². The third-order valence-electron chi connectivity index (χ3n) is 5.72. The summed E-state index contributed by atoms with van der Waals surface area (Å²) in [6.07, 6.45) is 4.77. The van der Waals surface area contributed by atoms with Crippen LogP contribution in [-0.4, -0.2) is 34.1 Å². The zero-order valence-corrected chi connectivity index (χ0v) is 19.8. The van der Waals surface area contributed by atoms with Crippen molar-refractivity contribution in [3.8, 4) is 11.5 Å². The fourth-order valence-corrected chi connectivity index (χ4v) is 5.35. The van der Waals surface area contributed by atoms with Crippen LogP contribution in [0, 0.1) is 0 Å². The van der Waals surface area contributed by atoms with Crippen molar-refractivity contribution in [3.05, 3.63) is 78.9 Å². The SMILES string of the molecule is COc1ccc(S(=O)(=O)N(CC(=O)Nc2ccc(OC3CCCC3)cc2)c2ccccc2)cc1. The van der Waals surface area contributed by atoms with Crippen molar-refractivity contribution < 1.29 is 22.7 Å². The molecule has 0 radical (unpaired) electrons. The Morgan fingerprint density at radius 2 is 1.53 bits per heavy atom. The summed E-state index contributed by atoms with van der Waals surface area (Å²) in [6, 6.07) is 21.8. The van der Waals surface area contributed by atoms with Crippen LogP contribution in [0.15, 0.2) is 83.8 Å². The molecule has 8 heteroatoms. The Kier molecular flexibility index (Phi) is 7.37. The van der Waals surface area contributed by atoms with Crippen molar-refractivity contribution in [2.45, 2.75) is 36.7 Å². The molecule has 178 valence electrons. The second-order valence-electron chi connectivity index (χ2n) is 8.12. The molecule has 1 fully saturated rings. The molecular formula is C26H28N2O5S. The van der Waals surface area contributed by atoms with Gasteiger partial charge in [0.15, 0.2) is 0 Å². The Labute approximate surface area is 200 Å². The van der Waals surface area contributed by atoms with Crippen molar-refractivity contribution in [2.75, 3.05) is 23.3 Å². The summed E-state index contributed by atoms with van der Waals surface area (Å²) in [5.74, 6) is 0.853. The van der Waals surface area contributed by atoms with Crippen LogP contribution in [0.25, 0.3) is 0 Å². The summed E-state index contributed by atoms with van der Waals surface area (Å²) in [5.41, 5.74) is 0.965. The van der Waals surface area contributed by atoms with Gasteiger partial charge in [-0.25, -0.2) is 8.42 Å². The summed E-state index contributed by atoms with van der Waals surface area (Å²) >= 11 is 0. The van der Waals surface area contributed by atoms with E-state index in [2.05, 4.69) is 5.32 Å². The van der Waals surface area contributed by atoms with Gasteiger partial charge < -0.3 is 14.8 Å². The first-order valence-electron chi connectivity index (χ1n) is 11.2. The number of sulfonamides is 1. The maximum Gasteiger partial charge on any atom is 0.264 e. The summed E-state index contributed by atoms with van der Waals surface area (Å²) in [4.78, 5) is 12.9. The van der Waals surface area contributed by atoms with Gasteiger partial charge >= 0.3 is 0 Å². The van der Waals surface area contributed by atoms with Crippen molar-refractivity contribution >= 4 is 27.3 Å². The molecule has 0 aliphatic heterocycles. The molecule has 0 spiro atoms. The van der Waals surface area contributed by atoms with E-state index >= 15 is 0 Å². The summed E-state index contributed by atoms with van der Waals surface area (Å²) < 4.78 is 39.0. The molecule has 3 aromatic rings. The number of ether oxygens (including phenoxy) is 2. The number of methoxy groups -OCH3 is 1. The fourth-order valence-electron chi connectivity index (χ4n) is 3.93. The van der Waals surface area contributed by atoms with Crippen molar-refractivity contribution in [1.29, 1.82) is 0 Å². The zero-order valence-electron chi connectivity index (χ0n) is 19.0. The van der Waals surface area contributed by atoms with Crippen molar-refractivity contribution in [3.63, 3.8) is 0 Å². The van der Waals surface area contributed by atoms with Crippen molar-refractivity contribution in [2.24, 2.45) is 0 Å². The van der Waals surface area contributed by atoms with E-state index in [0.29, 0.717) is 17.1 Å². The van der Waals surface area contributed by atoms with E-state index in [-0.39, 0.29) is 17.5 Å². The number of anilines is 2. The average molecular weight is 481 g/mol. The number of hydrogen-bond acceptors (Lipinski definition) is 5. The van der Waals surface area contributed by atoms with Gasteiger partial charge in [0.2, 0.25) is 5.91 Å². The average Bonchev–Trinajstić information content (AvgIpc) is 3.37. The Balaban J connectivity index is 1.49. The highest BCUT2D eigenvalue weighted by atomic mass is 32.2. The van der Waals surface area contributed by atoms with Gasteiger partial charge in [0, 0.05) is 5.69 Å². The lowest BCUT2D eigenvalue weighted by Crippen LogP contribution is -2.38. The number of nitrogens with one attached hydrogen (secondary N) is 1. The lowest BCUT2D eigenvalue weighted by atomic mass is 10.2. The Morgan fingerprint density at radius 1 is 0.912 bits per heavy atom. The number of rotatable bonds is 9. The molecule has 1 N–H and O–H groups in total. The first-order chi connectivity index (χ1) is 16.5. The largest absolute Gasteiger partial charge is 0.497 e. The number of carbonyl (C=O) groups is 1. The number of hydrogen-bond donors (Lipinski definition) is 1. The van der Waals surface area contributed by atoms with Crippen LogP contribution in [0.2, 0.25) is 0 Å². The highest BCUT2D eigenvalue weighted by molar-refractivity contribution is 7.92. The van der Waals surface area contributed by atoms with Gasteiger partial charge in [0.25, 0.3) is 10.0 Å².